The highest BCUT2D eigenvalue weighted by Gasteiger charge is 2.41. The SMILES string of the molecule is CCC1(C(=O)c2cc3ccccc3o2)CCNC1. The number of para-hydroxylation sites is 1. The summed E-state index contributed by atoms with van der Waals surface area (Å²) in [5, 5.41) is 4.28. The molecule has 3 rings (SSSR count). The second kappa shape index (κ2) is 4.25. The van der Waals surface area contributed by atoms with E-state index in [9.17, 15) is 4.79 Å². The van der Waals surface area contributed by atoms with Crippen LogP contribution in [0.25, 0.3) is 11.0 Å². The third-order valence-corrected chi connectivity index (χ3v) is 4.05. The van der Waals surface area contributed by atoms with Crippen molar-refractivity contribution in [1.29, 1.82) is 0 Å². The lowest BCUT2D eigenvalue weighted by Gasteiger charge is -2.23. The van der Waals surface area contributed by atoms with E-state index in [0.29, 0.717) is 5.76 Å². The van der Waals surface area contributed by atoms with Gasteiger partial charge in [-0.1, -0.05) is 25.1 Å². The van der Waals surface area contributed by atoms with E-state index in [1.165, 1.54) is 0 Å². The van der Waals surface area contributed by atoms with Gasteiger partial charge in [0.2, 0.25) is 5.78 Å². The van der Waals surface area contributed by atoms with E-state index in [4.69, 9.17) is 4.42 Å². The first-order valence-corrected chi connectivity index (χ1v) is 6.49. The summed E-state index contributed by atoms with van der Waals surface area (Å²) < 4.78 is 5.69. The van der Waals surface area contributed by atoms with Gasteiger partial charge in [-0.15, -0.1) is 0 Å². The van der Waals surface area contributed by atoms with E-state index >= 15 is 0 Å². The molecule has 1 N–H and O–H groups in total. The fraction of sp³-hybridized carbons (Fsp3) is 0.400. The molecule has 0 aliphatic carbocycles. The van der Waals surface area contributed by atoms with Gasteiger partial charge in [0.1, 0.15) is 5.58 Å². The van der Waals surface area contributed by atoms with Crippen molar-refractivity contribution in [3.05, 3.63) is 36.1 Å². The molecular weight excluding hydrogens is 226 g/mol. The summed E-state index contributed by atoms with van der Waals surface area (Å²) in [4.78, 5) is 12.6. The molecule has 2 heterocycles. The first kappa shape index (κ1) is 11.5. The first-order valence-electron chi connectivity index (χ1n) is 6.49. The Morgan fingerprint density at radius 3 is 2.94 bits per heavy atom. The van der Waals surface area contributed by atoms with E-state index in [2.05, 4.69) is 12.2 Å². The Labute approximate surface area is 106 Å². The van der Waals surface area contributed by atoms with Crippen LogP contribution in [0.4, 0.5) is 0 Å². The molecule has 0 radical (unpaired) electrons. The van der Waals surface area contributed by atoms with E-state index < -0.39 is 0 Å². The number of hydrogen-bond acceptors (Lipinski definition) is 3. The number of carbonyl (C=O) groups excluding carboxylic acids is 1. The second-order valence-corrected chi connectivity index (χ2v) is 5.04. The molecule has 18 heavy (non-hydrogen) atoms. The van der Waals surface area contributed by atoms with Crippen LogP contribution < -0.4 is 5.32 Å². The van der Waals surface area contributed by atoms with Gasteiger partial charge in [0, 0.05) is 11.9 Å². The third-order valence-electron chi connectivity index (χ3n) is 4.05. The lowest BCUT2D eigenvalue weighted by Crippen LogP contribution is -2.32. The molecule has 1 unspecified atom stereocenters. The number of hydrogen-bond donors (Lipinski definition) is 1. The number of rotatable bonds is 3. The predicted molar refractivity (Wildman–Crippen MR) is 70.8 cm³/mol. The number of fused-ring (bicyclic) bond motifs is 1. The van der Waals surface area contributed by atoms with Crippen molar-refractivity contribution in [3.63, 3.8) is 0 Å². The van der Waals surface area contributed by atoms with Crippen molar-refractivity contribution >= 4 is 16.8 Å². The summed E-state index contributed by atoms with van der Waals surface area (Å²) in [5.41, 5.74) is 0.520. The first-order chi connectivity index (χ1) is 8.75. The fourth-order valence-corrected chi connectivity index (χ4v) is 2.75. The molecule has 94 valence electrons. The van der Waals surface area contributed by atoms with Gasteiger partial charge < -0.3 is 9.73 Å². The summed E-state index contributed by atoms with van der Waals surface area (Å²) in [6.45, 7) is 3.76. The van der Waals surface area contributed by atoms with Gasteiger partial charge in [0.25, 0.3) is 0 Å². The Kier molecular flexibility index (Phi) is 2.71. The quantitative estimate of drug-likeness (QED) is 0.843. The Balaban J connectivity index is 2.00. The van der Waals surface area contributed by atoms with Gasteiger partial charge in [-0.25, -0.2) is 0 Å². The number of furan rings is 1. The molecule has 1 saturated heterocycles. The lowest BCUT2D eigenvalue weighted by atomic mass is 9.79. The maximum Gasteiger partial charge on any atom is 0.205 e. The average Bonchev–Trinajstić information content (AvgIpc) is 3.05. The highest BCUT2D eigenvalue weighted by atomic mass is 16.3. The second-order valence-electron chi connectivity index (χ2n) is 5.04. The summed E-state index contributed by atoms with van der Waals surface area (Å²) in [6, 6.07) is 9.62. The molecule has 1 fully saturated rings. The number of benzene rings is 1. The van der Waals surface area contributed by atoms with E-state index in [1.54, 1.807) is 0 Å². The third kappa shape index (κ3) is 1.66. The highest BCUT2D eigenvalue weighted by Crippen LogP contribution is 2.34. The summed E-state index contributed by atoms with van der Waals surface area (Å²) in [6.07, 6.45) is 1.76. The van der Waals surface area contributed by atoms with Crippen LogP contribution in [0.5, 0.6) is 0 Å². The van der Waals surface area contributed by atoms with Crippen molar-refractivity contribution in [2.75, 3.05) is 13.1 Å². The molecule has 0 bridgehead atoms. The topological polar surface area (TPSA) is 42.2 Å². The zero-order valence-corrected chi connectivity index (χ0v) is 10.5. The molecular formula is C15H17NO2. The van der Waals surface area contributed by atoms with Crippen LogP contribution >= 0.6 is 0 Å². The number of Topliss-reactive ketones (excluding diaryl/α,β-unsaturated/α-hetero) is 1. The molecule has 1 aliphatic heterocycles. The maximum atomic E-state index is 12.6. The van der Waals surface area contributed by atoms with E-state index in [1.807, 2.05) is 30.3 Å². The standard InChI is InChI=1S/C15H17NO2/c1-2-15(7-8-16-10-15)14(17)13-9-11-5-3-4-6-12(11)18-13/h3-6,9,16H,2,7-8,10H2,1H3. The minimum atomic E-state index is -0.270. The number of carbonyl (C=O) groups is 1. The van der Waals surface area contributed by atoms with Gasteiger partial charge in [-0.2, -0.15) is 0 Å². The molecule has 0 saturated carbocycles. The van der Waals surface area contributed by atoms with Crippen LogP contribution in [0.3, 0.4) is 0 Å². The number of nitrogens with one attached hydrogen (secondary N) is 1. The summed E-state index contributed by atoms with van der Waals surface area (Å²) in [7, 11) is 0. The van der Waals surface area contributed by atoms with Gasteiger partial charge in [-0.05, 0) is 31.5 Å². The van der Waals surface area contributed by atoms with Crippen molar-refractivity contribution in [2.24, 2.45) is 5.41 Å². The predicted octanol–water partition coefficient (Wildman–Crippen LogP) is 3.01. The normalized spacial score (nSPS) is 23.6. The van der Waals surface area contributed by atoms with Crippen molar-refractivity contribution in [3.8, 4) is 0 Å². The Morgan fingerprint density at radius 1 is 1.44 bits per heavy atom. The minimum Gasteiger partial charge on any atom is -0.453 e. The van der Waals surface area contributed by atoms with Crippen LogP contribution in [0.1, 0.15) is 30.3 Å². The highest BCUT2D eigenvalue weighted by molar-refractivity contribution is 6.01. The van der Waals surface area contributed by atoms with Crippen LogP contribution in [0.15, 0.2) is 34.7 Å². The molecule has 3 heteroatoms. The zero-order valence-electron chi connectivity index (χ0n) is 10.5. The van der Waals surface area contributed by atoms with Crippen molar-refractivity contribution in [1.82, 2.24) is 5.32 Å². The molecule has 2 aromatic rings. The molecule has 0 amide bonds. The molecule has 1 aromatic carbocycles. The van der Waals surface area contributed by atoms with Crippen LogP contribution in [0, 0.1) is 5.41 Å². The van der Waals surface area contributed by atoms with Crippen LogP contribution in [0.2, 0.25) is 0 Å². The zero-order chi connectivity index (χ0) is 12.6. The molecule has 1 aliphatic rings. The van der Waals surface area contributed by atoms with Gasteiger partial charge in [-0.3, -0.25) is 4.79 Å². The van der Waals surface area contributed by atoms with E-state index in [0.717, 1.165) is 36.9 Å². The van der Waals surface area contributed by atoms with Crippen molar-refractivity contribution in [2.45, 2.75) is 19.8 Å². The number of ketones is 1. The van der Waals surface area contributed by atoms with Crippen LogP contribution in [-0.2, 0) is 0 Å². The molecule has 0 spiro atoms. The summed E-state index contributed by atoms with van der Waals surface area (Å²) in [5.74, 6) is 0.646. The summed E-state index contributed by atoms with van der Waals surface area (Å²) >= 11 is 0. The average molecular weight is 243 g/mol. The van der Waals surface area contributed by atoms with Gasteiger partial charge in [0.15, 0.2) is 5.76 Å². The Hall–Kier alpha value is -1.61. The van der Waals surface area contributed by atoms with Crippen LogP contribution in [-0.4, -0.2) is 18.9 Å². The van der Waals surface area contributed by atoms with Gasteiger partial charge in [0.05, 0.1) is 5.41 Å². The monoisotopic (exact) mass is 243 g/mol. The lowest BCUT2D eigenvalue weighted by molar-refractivity contribution is 0.0782. The minimum absolute atomic E-state index is 0.145. The Bertz CT molecular complexity index is 546. The molecule has 3 nitrogen and oxygen atoms in total. The molecule has 1 atom stereocenters. The maximum absolute atomic E-state index is 12.6. The fourth-order valence-electron chi connectivity index (χ4n) is 2.75. The van der Waals surface area contributed by atoms with E-state index in [-0.39, 0.29) is 11.2 Å². The Morgan fingerprint density at radius 2 is 2.28 bits per heavy atom. The molecule has 1 aromatic heterocycles. The van der Waals surface area contributed by atoms with Gasteiger partial charge >= 0.3 is 0 Å². The van der Waals surface area contributed by atoms with Crippen molar-refractivity contribution < 1.29 is 9.21 Å². The smallest absolute Gasteiger partial charge is 0.205 e. The largest absolute Gasteiger partial charge is 0.453 e.